The van der Waals surface area contributed by atoms with Crippen LogP contribution in [0.15, 0.2) is 23.0 Å². The monoisotopic (exact) mass is 369 g/mol. The summed E-state index contributed by atoms with van der Waals surface area (Å²) in [7, 11) is 0. The molecule has 0 spiro atoms. The van der Waals surface area contributed by atoms with Crippen LogP contribution in [-0.4, -0.2) is 21.4 Å². The van der Waals surface area contributed by atoms with Gasteiger partial charge >= 0.3 is 6.18 Å². The third kappa shape index (κ3) is 3.95. The fourth-order valence-corrected chi connectivity index (χ4v) is 3.12. The zero-order chi connectivity index (χ0) is 18.9. The van der Waals surface area contributed by atoms with E-state index in [0.29, 0.717) is 43.4 Å². The maximum atomic E-state index is 14.0. The van der Waals surface area contributed by atoms with Crippen LogP contribution in [0.1, 0.15) is 41.6 Å². The topological polar surface area (TPSA) is 49.0 Å². The summed E-state index contributed by atoms with van der Waals surface area (Å²) in [6, 6.07) is 2.54. The molecule has 0 saturated heterocycles. The summed E-state index contributed by atoms with van der Waals surface area (Å²) in [4.78, 5) is 21.3. The Kier molecular flexibility index (Phi) is 5.13. The molecule has 2 heterocycles. The van der Waals surface area contributed by atoms with Gasteiger partial charge in [0.05, 0.1) is 16.8 Å². The molecule has 4 nitrogen and oxygen atoms in total. The minimum atomic E-state index is -4.57. The molecule has 1 N–H and O–H groups in total. The average Bonchev–Trinajstić information content (AvgIpc) is 2.56. The number of H-pyrrole nitrogens is 1. The SMILES string of the molecule is CCCc1nc2c(c(=O)[nH]1)CN(Cc1ccc(C(F)(F)F)cc1F)CC2. The largest absolute Gasteiger partial charge is 0.416 e. The highest BCUT2D eigenvalue weighted by atomic mass is 19.4. The smallest absolute Gasteiger partial charge is 0.310 e. The molecule has 8 heteroatoms. The molecule has 1 aliphatic rings. The molecule has 0 radical (unpaired) electrons. The van der Waals surface area contributed by atoms with Gasteiger partial charge in [-0.2, -0.15) is 13.2 Å². The number of hydrogen-bond donors (Lipinski definition) is 1. The van der Waals surface area contributed by atoms with Crippen molar-refractivity contribution in [2.45, 2.75) is 45.5 Å². The molecule has 0 aliphatic carbocycles. The van der Waals surface area contributed by atoms with E-state index >= 15 is 0 Å². The third-order valence-electron chi connectivity index (χ3n) is 4.46. The number of halogens is 4. The second-order valence-electron chi connectivity index (χ2n) is 6.45. The molecule has 1 aliphatic heterocycles. The van der Waals surface area contributed by atoms with Crippen LogP contribution in [0.2, 0.25) is 0 Å². The van der Waals surface area contributed by atoms with Crippen molar-refractivity contribution < 1.29 is 17.6 Å². The summed E-state index contributed by atoms with van der Waals surface area (Å²) < 4.78 is 51.9. The predicted molar refractivity (Wildman–Crippen MR) is 88.1 cm³/mol. The van der Waals surface area contributed by atoms with E-state index < -0.39 is 17.6 Å². The van der Waals surface area contributed by atoms with E-state index in [4.69, 9.17) is 0 Å². The maximum Gasteiger partial charge on any atom is 0.416 e. The van der Waals surface area contributed by atoms with Gasteiger partial charge in [0.15, 0.2) is 0 Å². The van der Waals surface area contributed by atoms with Crippen molar-refractivity contribution in [3.63, 3.8) is 0 Å². The molecule has 0 saturated carbocycles. The van der Waals surface area contributed by atoms with Crippen LogP contribution in [0, 0.1) is 5.82 Å². The minimum Gasteiger partial charge on any atom is -0.310 e. The first-order chi connectivity index (χ1) is 12.3. The Balaban J connectivity index is 1.77. The minimum absolute atomic E-state index is 0.138. The lowest BCUT2D eigenvalue weighted by Gasteiger charge is -2.28. The number of nitrogens with one attached hydrogen (secondary N) is 1. The molecule has 0 fully saturated rings. The Morgan fingerprint density at radius 1 is 1.31 bits per heavy atom. The number of alkyl halides is 3. The standard InChI is InChI=1S/C18H19F4N3O/c1-2-3-16-23-15-6-7-25(10-13(15)17(26)24-16)9-11-4-5-12(8-14(11)19)18(20,21)22/h4-5,8H,2-3,6-7,9-10H2,1H3,(H,23,24,26). The van der Waals surface area contributed by atoms with Crippen molar-refractivity contribution in [2.24, 2.45) is 0 Å². The average molecular weight is 369 g/mol. The maximum absolute atomic E-state index is 14.0. The number of hydrogen-bond acceptors (Lipinski definition) is 3. The van der Waals surface area contributed by atoms with Crippen LogP contribution in [0.4, 0.5) is 17.6 Å². The van der Waals surface area contributed by atoms with Gasteiger partial charge in [-0.1, -0.05) is 13.0 Å². The number of aromatic amines is 1. The molecule has 2 aromatic rings. The van der Waals surface area contributed by atoms with Gasteiger partial charge in [-0.05, 0) is 18.6 Å². The van der Waals surface area contributed by atoms with Crippen molar-refractivity contribution in [1.29, 1.82) is 0 Å². The summed E-state index contributed by atoms with van der Waals surface area (Å²) in [5.74, 6) is -0.227. The highest BCUT2D eigenvalue weighted by Crippen LogP contribution is 2.30. The summed E-state index contributed by atoms with van der Waals surface area (Å²) in [5, 5.41) is 0. The van der Waals surface area contributed by atoms with E-state index in [1.165, 1.54) is 0 Å². The van der Waals surface area contributed by atoms with Crippen LogP contribution in [0.25, 0.3) is 0 Å². The van der Waals surface area contributed by atoms with E-state index in [1.54, 1.807) is 0 Å². The first-order valence-corrected chi connectivity index (χ1v) is 8.47. The lowest BCUT2D eigenvalue weighted by molar-refractivity contribution is -0.137. The molecule has 26 heavy (non-hydrogen) atoms. The third-order valence-corrected chi connectivity index (χ3v) is 4.46. The zero-order valence-electron chi connectivity index (χ0n) is 14.3. The van der Waals surface area contributed by atoms with Gasteiger partial charge in [0.1, 0.15) is 11.6 Å². The highest BCUT2D eigenvalue weighted by Gasteiger charge is 2.31. The fourth-order valence-electron chi connectivity index (χ4n) is 3.12. The van der Waals surface area contributed by atoms with Crippen molar-refractivity contribution in [1.82, 2.24) is 14.9 Å². The molecular formula is C18H19F4N3O. The van der Waals surface area contributed by atoms with Crippen molar-refractivity contribution in [3.05, 3.63) is 62.6 Å². The second kappa shape index (κ2) is 7.19. The van der Waals surface area contributed by atoms with Crippen molar-refractivity contribution in [3.8, 4) is 0 Å². The molecule has 0 bridgehead atoms. The molecule has 1 aromatic heterocycles. The first kappa shape index (κ1) is 18.6. The molecule has 0 atom stereocenters. The molecular weight excluding hydrogens is 350 g/mol. The summed E-state index contributed by atoms with van der Waals surface area (Å²) >= 11 is 0. The summed E-state index contributed by atoms with van der Waals surface area (Å²) in [5.41, 5.74) is 0.265. The number of fused-ring (bicyclic) bond motifs is 1. The summed E-state index contributed by atoms with van der Waals surface area (Å²) in [6.45, 7) is 3.00. The van der Waals surface area contributed by atoms with Gasteiger partial charge in [-0.3, -0.25) is 9.69 Å². The Morgan fingerprint density at radius 3 is 2.73 bits per heavy atom. The Hall–Kier alpha value is -2.22. The van der Waals surface area contributed by atoms with Gasteiger partial charge in [0, 0.05) is 38.0 Å². The first-order valence-electron chi connectivity index (χ1n) is 8.47. The molecule has 0 unspecified atom stereocenters. The number of aryl methyl sites for hydroxylation is 1. The molecule has 0 amide bonds. The number of nitrogens with zero attached hydrogens (tertiary/aromatic N) is 2. The van der Waals surface area contributed by atoms with Crippen LogP contribution in [0.5, 0.6) is 0 Å². The molecule has 1 aromatic carbocycles. The number of benzene rings is 1. The normalized spacial score (nSPS) is 15.1. The van der Waals surface area contributed by atoms with E-state index in [0.717, 1.165) is 24.2 Å². The van der Waals surface area contributed by atoms with Gasteiger partial charge < -0.3 is 4.98 Å². The molecule has 3 rings (SSSR count). The molecule has 140 valence electrons. The highest BCUT2D eigenvalue weighted by molar-refractivity contribution is 5.27. The van der Waals surface area contributed by atoms with Crippen molar-refractivity contribution in [2.75, 3.05) is 6.54 Å². The number of rotatable bonds is 4. The summed E-state index contributed by atoms with van der Waals surface area (Å²) in [6.07, 6.45) is -2.44. The van der Waals surface area contributed by atoms with Gasteiger partial charge in [-0.25, -0.2) is 9.37 Å². The second-order valence-corrected chi connectivity index (χ2v) is 6.45. The van der Waals surface area contributed by atoms with E-state index in [1.807, 2.05) is 11.8 Å². The quantitative estimate of drug-likeness (QED) is 0.840. The van der Waals surface area contributed by atoms with Gasteiger partial charge in [0.25, 0.3) is 5.56 Å². The Bertz CT molecular complexity index is 860. The van der Waals surface area contributed by atoms with Crippen LogP contribution in [0.3, 0.4) is 0 Å². The van der Waals surface area contributed by atoms with Gasteiger partial charge in [-0.15, -0.1) is 0 Å². The van der Waals surface area contributed by atoms with Crippen LogP contribution in [-0.2, 0) is 32.1 Å². The number of aromatic nitrogens is 2. The Morgan fingerprint density at radius 2 is 2.08 bits per heavy atom. The zero-order valence-corrected chi connectivity index (χ0v) is 14.3. The van der Waals surface area contributed by atoms with E-state index in [-0.39, 0.29) is 17.7 Å². The predicted octanol–water partition coefficient (Wildman–Crippen LogP) is 3.44. The lowest BCUT2D eigenvalue weighted by atomic mass is 10.0. The Labute approximate surface area is 147 Å². The van der Waals surface area contributed by atoms with E-state index in [9.17, 15) is 22.4 Å². The van der Waals surface area contributed by atoms with Crippen molar-refractivity contribution >= 4 is 0 Å². The van der Waals surface area contributed by atoms with Gasteiger partial charge in [0.2, 0.25) is 0 Å². The fraction of sp³-hybridized carbons (Fsp3) is 0.444. The van der Waals surface area contributed by atoms with Crippen LogP contribution >= 0.6 is 0 Å². The lowest BCUT2D eigenvalue weighted by Crippen LogP contribution is -2.36. The van der Waals surface area contributed by atoms with E-state index in [2.05, 4.69) is 9.97 Å². The van der Waals surface area contributed by atoms with Crippen LogP contribution < -0.4 is 5.56 Å².